The number of ether oxygens (including phenoxy) is 1. The van der Waals surface area contributed by atoms with Gasteiger partial charge in [-0.25, -0.2) is 0 Å². The van der Waals surface area contributed by atoms with Crippen molar-refractivity contribution in [2.45, 2.75) is 38.9 Å². The van der Waals surface area contributed by atoms with Gasteiger partial charge in [-0.05, 0) is 70.3 Å². The molecule has 0 aliphatic carbocycles. The van der Waals surface area contributed by atoms with Crippen molar-refractivity contribution in [2.24, 2.45) is 0 Å². The molecule has 2 atom stereocenters. The zero-order chi connectivity index (χ0) is 23.4. The first-order valence-corrected chi connectivity index (χ1v) is 12.5. The minimum atomic E-state index is 0.0446. The van der Waals surface area contributed by atoms with Gasteiger partial charge in [0.15, 0.2) is 5.11 Å². The van der Waals surface area contributed by atoms with Crippen molar-refractivity contribution in [1.82, 2.24) is 29.6 Å². The molecule has 4 rings (SSSR count). The number of nitrogens with one attached hydrogen (secondary N) is 1. The monoisotopic (exact) mass is 470 g/mol. The van der Waals surface area contributed by atoms with Crippen LogP contribution in [-0.2, 0) is 11.3 Å². The van der Waals surface area contributed by atoms with Crippen LogP contribution in [0.15, 0.2) is 30.5 Å². The highest BCUT2D eigenvalue weighted by Gasteiger charge is 2.41. The van der Waals surface area contributed by atoms with Crippen molar-refractivity contribution in [3.63, 3.8) is 0 Å². The second kappa shape index (κ2) is 11.0. The molecule has 33 heavy (non-hydrogen) atoms. The van der Waals surface area contributed by atoms with Crippen LogP contribution in [0.25, 0.3) is 0 Å². The highest BCUT2D eigenvalue weighted by Crippen LogP contribution is 2.40. The Bertz CT molecular complexity index is 924. The number of thiocarbonyl (C=S) groups is 1. The van der Waals surface area contributed by atoms with Gasteiger partial charge in [0.1, 0.15) is 0 Å². The van der Waals surface area contributed by atoms with Crippen LogP contribution in [0.3, 0.4) is 0 Å². The number of rotatable bonds is 9. The molecular formula is C25H38N6OS. The number of likely N-dealkylation sites (N-methyl/N-ethyl adjacent to an activating group) is 1. The molecule has 0 radical (unpaired) electrons. The molecule has 2 aliphatic heterocycles. The number of pyridine rings is 1. The summed E-state index contributed by atoms with van der Waals surface area (Å²) in [5.41, 5.74) is 5.03. The molecule has 2 saturated heterocycles. The van der Waals surface area contributed by atoms with Crippen molar-refractivity contribution < 1.29 is 4.74 Å². The Kier molecular flexibility index (Phi) is 8.01. The van der Waals surface area contributed by atoms with Gasteiger partial charge in [0.25, 0.3) is 0 Å². The molecule has 0 amide bonds. The highest BCUT2D eigenvalue weighted by molar-refractivity contribution is 7.80. The van der Waals surface area contributed by atoms with Crippen LogP contribution in [0.1, 0.15) is 41.1 Å². The van der Waals surface area contributed by atoms with Gasteiger partial charge in [0.2, 0.25) is 0 Å². The van der Waals surface area contributed by atoms with E-state index in [1.54, 1.807) is 0 Å². The summed E-state index contributed by atoms with van der Waals surface area (Å²) in [5, 5.41) is 4.40. The molecule has 0 bridgehead atoms. The predicted molar refractivity (Wildman–Crippen MR) is 136 cm³/mol. The molecule has 7 nitrogen and oxygen atoms in total. The van der Waals surface area contributed by atoms with Gasteiger partial charge < -0.3 is 24.4 Å². The van der Waals surface area contributed by atoms with Crippen LogP contribution in [0.5, 0.6) is 0 Å². The molecule has 1 N–H and O–H groups in total. The maximum Gasteiger partial charge on any atom is 0.170 e. The topological polar surface area (TPSA) is 48.8 Å². The lowest BCUT2D eigenvalue weighted by atomic mass is 9.97. The standard InChI is InChI=1S/C25H38N6OS/c1-19-18-21(20(2)30(19)11-7-10-29-14-16-32-17-15-29)24-23(22-8-5-6-9-26-22)27-25(33)31(24)13-12-28(3)4/h5-6,8-9,18,23-24H,7,10-17H2,1-4H3,(H,27,33)/t23-,24-/m0/s1. The Morgan fingerprint density at radius 2 is 1.94 bits per heavy atom. The van der Waals surface area contributed by atoms with E-state index in [0.717, 1.165) is 69.7 Å². The zero-order valence-electron chi connectivity index (χ0n) is 20.5. The van der Waals surface area contributed by atoms with Gasteiger partial charge in [-0.15, -0.1) is 0 Å². The zero-order valence-corrected chi connectivity index (χ0v) is 21.3. The smallest absolute Gasteiger partial charge is 0.170 e. The largest absolute Gasteiger partial charge is 0.379 e. The van der Waals surface area contributed by atoms with E-state index >= 15 is 0 Å². The number of nitrogens with zero attached hydrogens (tertiary/aromatic N) is 5. The molecule has 8 heteroatoms. The summed E-state index contributed by atoms with van der Waals surface area (Å²) < 4.78 is 7.97. The maximum absolute atomic E-state index is 5.82. The van der Waals surface area contributed by atoms with E-state index in [-0.39, 0.29) is 12.1 Å². The van der Waals surface area contributed by atoms with E-state index in [0.29, 0.717) is 0 Å². The summed E-state index contributed by atoms with van der Waals surface area (Å²) in [5.74, 6) is 0. The summed E-state index contributed by atoms with van der Waals surface area (Å²) in [6.07, 6.45) is 3.01. The van der Waals surface area contributed by atoms with Gasteiger partial charge in [0, 0.05) is 56.9 Å². The fourth-order valence-electron chi connectivity index (χ4n) is 5.04. The van der Waals surface area contributed by atoms with Crippen molar-refractivity contribution in [2.75, 3.05) is 60.0 Å². The molecule has 0 spiro atoms. The van der Waals surface area contributed by atoms with Crippen LogP contribution in [-0.4, -0.2) is 89.4 Å². The number of hydrogen-bond acceptors (Lipinski definition) is 5. The van der Waals surface area contributed by atoms with E-state index < -0.39 is 0 Å². The molecule has 0 aromatic carbocycles. The third kappa shape index (κ3) is 5.57. The van der Waals surface area contributed by atoms with E-state index in [2.05, 4.69) is 75.7 Å². The fraction of sp³-hybridized carbons (Fsp3) is 0.600. The fourth-order valence-corrected chi connectivity index (χ4v) is 5.37. The lowest BCUT2D eigenvalue weighted by Gasteiger charge is -2.29. The summed E-state index contributed by atoms with van der Waals surface area (Å²) >= 11 is 5.82. The number of hydrogen-bond donors (Lipinski definition) is 1. The van der Waals surface area contributed by atoms with Crippen LogP contribution >= 0.6 is 12.2 Å². The first-order chi connectivity index (χ1) is 16.0. The van der Waals surface area contributed by atoms with Crippen molar-refractivity contribution in [3.05, 3.63) is 53.1 Å². The molecule has 0 saturated carbocycles. The first-order valence-electron chi connectivity index (χ1n) is 12.0. The minimum Gasteiger partial charge on any atom is -0.379 e. The van der Waals surface area contributed by atoms with Gasteiger partial charge in [0.05, 0.1) is 31.0 Å². The Morgan fingerprint density at radius 3 is 2.64 bits per heavy atom. The molecule has 2 aromatic heterocycles. The quantitative estimate of drug-likeness (QED) is 0.566. The number of aromatic nitrogens is 2. The minimum absolute atomic E-state index is 0.0446. The predicted octanol–water partition coefficient (Wildman–Crippen LogP) is 2.76. The third-order valence-electron chi connectivity index (χ3n) is 6.88. The first kappa shape index (κ1) is 24.1. The summed E-state index contributed by atoms with van der Waals surface area (Å²) in [7, 11) is 4.22. The molecular weight excluding hydrogens is 432 g/mol. The third-order valence-corrected chi connectivity index (χ3v) is 7.23. The SMILES string of the molecule is Cc1cc([C@H]2[C@H](c3ccccn3)NC(=S)N2CCN(C)C)c(C)n1CCCN1CCOCC1. The van der Waals surface area contributed by atoms with Gasteiger partial charge in [-0.1, -0.05) is 6.07 Å². The van der Waals surface area contributed by atoms with Crippen LogP contribution in [0.2, 0.25) is 0 Å². The lowest BCUT2D eigenvalue weighted by Crippen LogP contribution is -2.37. The second-order valence-corrected chi connectivity index (χ2v) is 9.80. The van der Waals surface area contributed by atoms with E-state index in [1.807, 2.05) is 12.3 Å². The highest BCUT2D eigenvalue weighted by atomic mass is 32.1. The summed E-state index contributed by atoms with van der Waals surface area (Å²) in [4.78, 5) is 11.8. The van der Waals surface area contributed by atoms with E-state index in [4.69, 9.17) is 17.0 Å². The van der Waals surface area contributed by atoms with E-state index in [1.165, 1.54) is 17.0 Å². The Balaban J connectivity index is 1.57. The number of morpholine rings is 1. The average Bonchev–Trinajstić information content (AvgIpc) is 3.29. The Morgan fingerprint density at radius 1 is 1.15 bits per heavy atom. The molecule has 4 heterocycles. The van der Waals surface area contributed by atoms with Crippen molar-refractivity contribution in [1.29, 1.82) is 0 Å². The molecule has 2 aromatic rings. The van der Waals surface area contributed by atoms with Crippen LogP contribution in [0, 0.1) is 13.8 Å². The molecule has 2 fully saturated rings. The molecule has 180 valence electrons. The number of aryl methyl sites for hydroxylation is 1. The van der Waals surface area contributed by atoms with Gasteiger partial charge in [-0.3, -0.25) is 9.88 Å². The summed E-state index contributed by atoms with van der Waals surface area (Å²) in [6, 6.07) is 8.67. The lowest BCUT2D eigenvalue weighted by molar-refractivity contribution is 0.0369. The maximum atomic E-state index is 5.82. The van der Waals surface area contributed by atoms with Gasteiger partial charge >= 0.3 is 0 Å². The second-order valence-electron chi connectivity index (χ2n) is 9.41. The van der Waals surface area contributed by atoms with Crippen LogP contribution < -0.4 is 5.32 Å². The normalized spacial score (nSPS) is 21.7. The Labute approximate surface area is 203 Å². The average molecular weight is 471 g/mol. The summed E-state index contributed by atoms with van der Waals surface area (Å²) in [6.45, 7) is 12.3. The van der Waals surface area contributed by atoms with Crippen molar-refractivity contribution in [3.8, 4) is 0 Å². The molecule has 2 aliphatic rings. The van der Waals surface area contributed by atoms with E-state index in [9.17, 15) is 0 Å². The Hall–Kier alpha value is -2.00. The van der Waals surface area contributed by atoms with Crippen molar-refractivity contribution >= 4 is 17.3 Å². The van der Waals surface area contributed by atoms with Gasteiger partial charge in [-0.2, -0.15) is 0 Å². The molecule has 0 unspecified atom stereocenters. The van der Waals surface area contributed by atoms with Crippen LogP contribution in [0.4, 0.5) is 0 Å².